The van der Waals surface area contributed by atoms with Gasteiger partial charge < -0.3 is 20.5 Å². The summed E-state index contributed by atoms with van der Waals surface area (Å²) in [6.45, 7) is 1.61. The molecule has 1 atom stereocenters. The number of allylic oxidation sites excluding steroid dienone is 1. The number of carboxylic acid groups (broad SMARTS) is 1. The number of benzene rings is 3. The fraction of sp³-hybridized carbons (Fsp3) is 0.179. The molecular formula is C28H26N2O5. The average Bonchev–Trinajstić information content (AvgIpc) is 3.19. The van der Waals surface area contributed by atoms with E-state index in [0.29, 0.717) is 0 Å². The Bertz CT molecular complexity index is 1220. The lowest BCUT2D eigenvalue weighted by Crippen LogP contribution is -2.48. The van der Waals surface area contributed by atoms with Crippen LogP contribution < -0.4 is 10.6 Å². The predicted molar refractivity (Wildman–Crippen MR) is 132 cm³/mol. The summed E-state index contributed by atoms with van der Waals surface area (Å²) in [6.07, 6.45) is 0.709. The SMILES string of the molecule is C/C=C(\NC(=O)[C@H](Cc1ccccc1)NC(=O)OCC1c2ccccc2-c2ccccc21)C(=O)O. The number of fused-ring (bicyclic) bond motifs is 3. The zero-order valence-corrected chi connectivity index (χ0v) is 19.2. The van der Waals surface area contributed by atoms with Gasteiger partial charge >= 0.3 is 12.1 Å². The largest absolute Gasteiger partial charge is 0.477 e. The van der Waals surface area contributed by atoms with Crippen LogP contribution in [0, 0.1) is 0 Å². The van der Waals surface area contributed by atoms with Crippen LogP contribution in [0.5, 0.6) is 0 Å². The van der Waals surface area contributed by atoms with Gasteiger partial charge in [0.15, 0.2) is 0 Å². The van der Waals surface area contributed by atoms with E-state index in [4.69, 9.17) is 4.74 Å². The molecule has 3 N–H and O–H groups in total. The van der Waals surface area contributed by atoms with Crippen LogP contribution in [0.3, 0.4) is 0 Å². The summed E-state index contributed by atoms with van der Waals surface area (Å²) >= 11 is 0. The van der Waals surface area contributed by atoms with Gasteiger partial charge in [-0.2, -0.15) is 0 Å². The van der Waals surface area contributed by atoms with Crippen molar-refractivity contribution >= 4 is 18.0 Å². The van der Waals surface area contributed by atoms with Crippen molar-refractivity contribution < 1.29 is 24.2 Å². The third-order valence-electron chi connectivity index (χ3n) is 6.01. The van der Waals surface area contributed by atoms with Crippen LogP contribution in [0.1, 0.15) is 29.5 Å². The standard InChI is InChI=1S/C28H26N2O5/c1-2-24(27(32)33)29-26(31)25(16-18-10-4-3-5-11-18)30-28(34)35-17-23-21-14-8-6-12-19(21)20-13-7-9-15-22(20)23/h2-15,23,25H,16-17H2,1H3,(H,29,31)(H,30,34)(H,32,33)/b24-2-/t25-/m0/s1. The maximum atomic E-state index is 12.9. The molecule has 7 nitrogen and oxygen atoms in total. The lowest BCUT2D eigenvalue weighted by atomic mass is 9.98. The fourth-order valence-corrected chi connectivity index (χ4v) is 4.31. The number of nitrogens with one attached hydrogen (secondary N) is 2. The molecule has 0 saturated heterocycles. The molecule has 1 aliphatic carbocycles. The Kier molecular flexibility index (Phi) is 7.26. The minimum Gasteiger partial charge on any atom is -0.477 e. The molecule has 4 rings (SSSR count). The number of amides is 2. The molecule has 35 heavy (non-hydrogen) atoms. The van der Waals surface area contributed by atoms with Gasteiger partial charge in [-0.25, -0.2) is 9.59 Å². The molecule has 178 valence electrons. The molecule has 0 saturated carbocycles. The van der Waals surface area contributed by atoms with Gasteiger partial charge in [-0.15, -0.1) is 0 Å². The van der Waals surface area contributed by atoms with Gasteiger partial charge in [0.25, 0.3) is 0 Å². The van der Waals surface area contributed by atoms with Crippen LogP contribution in [0.15, 0.2) is 90.6 Å². The first-order valence-corrected chi connectivity index (χ1v) is 11.3. The van der Waals surface area contributed by atoms with Gasteiger partial charge in [0.2, 0.25) is 5.91 Å². The highest BCUT2D eigenvalue weighted by Gasteiger charge is 2.30. The Morgan fingerprint density at radius 3 is 2.06 bits per heavy atom. The zero-order valence-electron chi connectivity index (χ0n) is 19.2. The Labute approximate surface area is 203 Å². The molecule has 0 spiro atoms. The van der Waals surface area contributed by atoms with E-state index in [2.05, 4.69) is 22.8 Å². The van der Waals surface area contributed by atoms with E-state index >= 15 is 0 Å². The molecule has 7 heteroatoms. The first kappa shape index (κ1) is 23.8. The Morgan fingerprint density at radius 1 is 0.914 bits per heavy atom. The minimum absolute atomic E-state index is 0.106. The molecule has 3 aromatic rings. The smallest absolute Gasteiger partial charge is 0.407 e. The van der Waals surface area contributed by atoms with Crippen molar-refractivity contribution in [1.82, 2.24) is 10.6 Å². The number of alkyl carbamates (subject to hydrolysis) is 1. The second kappa shape index (κ2) is 10.7. The summed E-state index contributed by atoms with van der Waals surface area (Å²) in [5, 5.41) is 14.2. The monoisotopic (exact) mass is 470 g/mol. The topological polar surface area (TPSA) is 105 Å². The molecule has 0 heterocycles. The fourth-order valence-electron chi connectivity index (χ4n) is 4.31. The summed E-state index contributed by atoms with van der Waals surface area (Å²) in [5.41, 5.74) is 4.95. The summed E-state index contributed by atoms with van der Waals surface area (Å²) in [6, 6.07) is 24.2. The van der Waals surface area contributed by atoms with Crippen LogP contribution in [-0.2, 0) is 20.7 Å². The van der Waals surface area contributed by atoms with Crippen molar-refractivity contribution in [2.45, 2.75) is 25.3 Å². The van der Waals surface area contributed by atoms with E-state index in [-0.39, 0.29) is 24.6 Å². The Morgan fingerprint density at radius 2 is 1.49 bits per heavy atom. The van der Waals surface area contributed by atoms with E-state index in [1.54, 1.807) is 0 Å². The van der Waals surface area contributed by atoms with E-state index in [1.165, 1.54) is 13.0 Å². The van der Waals surface area contributed by atoms with Crippen molar-refractivity contribution in [3.05, 3.63) is 107 Å². The molecule has 0 aromatic heterocycles. The van der Waals surface area contributed by atoms with Crippen LogP contribution in [0.2, 0.25) is 0 Å². The second-order valence-electron chi connectivity index (χ2n) is 8.21. The molecule has 3 aromatic carbocycles. The molecule has 0 unspecified atom stereocenters. The van der Waals surface area contributed by atoms with Crippen LogP contribution in [-0.4, -0.2) is 35.7 Å². The highest BCUT2D eigenvalue weighted by molar-refractivity contribution is 5.95. The second-order valence-corrected chi connectivity index (χ2v) is 8.21. The van der Waals surface area contributed by atoms with E-state index < -0.39 is 24.0 Å². The van der Waals surface area contributed by atoms with Crippen molar-refractivity contribution in [3.8, 4) is 11.1 Å². The van der Waals surface area contributed by atoms with Gasteiger partial charge in [0.05, 0.1) is 0 Å². The summed E-state index contributed by atoms with van der Waals surface area (Å²) in [5.74, 6) is -2.02. The van der Waals surface area contributed by atoms with Gasteiger partial charge in [-0.05, 0) is 34.7 Å². The number of ether oxygens (including phenoxy) is 1. The average molecular weight is 471 g/mol. The van der Waals surface area contributed by atoms with Crippen molar-refractivity contribution in [2.24, 2.45) is 0 Å². The first-order chi connectivity index (χ1) is 17.0. The van der Waals surface area contributed by atoms with Gasteiger partial charge in [-0.3, -0.25) is 4.79 Å². The van der Waals surface area contributed by atoms with E-state index in [9.17, 15) is 19.5 Å². The van der Waals surface area contributed by atoms with Crippen LogP contribution >= 0.6 is 0 Å². The first-order valence-electron chi connectivity index (χ1n) is 11.3. The summed E-state index contributed by atoms with van der Waals surface area (Å²) in [7, 11) is 0. The number of carboxylic acids is 1. The number of hydrogen-bond acceptors (Lipinski definition) is 4. The number of aliphatic carboxylic acids is 1. The van der Waals surface area contributed by atoms with Gasteiger partial charge in [0, 0.05) is 12.3 Å². The Hall–Kier alpha value is -4.39. The maximum absolute atomic E-state index is 12.9. The lowest BCUT2D eigenvalue weighted by molar-refractivity contribution is -0.134. The zero-order chi connectivity index (χ0) is 24.8. The minimum atomic E-state index is -1.26. The molecular weight excluding hydrogens is 444 g/mol. The lowest BCUT2D eigenvalue weighted by Gasteiger charge is -2.20. The molecule has 0 aliphatic heterocycles. The number of hydrogen-bond donors (Lipinski definition) is 3. The highest BCUT2D eigenvalue weighted by atomic mass is 16.5. The van der Waals surface area contributed by atoms with Crippen molar-refractivity contribution in [1.29, 1.82) is 0 Å². The third kappa shape index (κ3) is 5.41. The van der Waals surface area contributed by atoms with Gasteiger partial charge in [-0.1, -0.05) is 84.9 Å². The van der Waals surface area contributed by atoms with Crippen LogP contribution in [0.25, 0.3) is 11.1 Å². The molecule has 0 bridgehead atoms. The number of carbonyl (C=O) groups excluding carboxylic acids is 2. The maximum Gasteiger partial charge on any atom is 0.407 e. The third-order valence-corrected chi connectivity index (χ3v) is 6.01. The van der Waals surface area contributed by atoms with Crippen LogP contribution in [0.4, 0.5) is 4.79 Å². The summed E-state index contributed by atoms with van der Waals surface area (Å²) in [4.78, 5) is 37.0. The summed E-state index contributed by atoms with van der Waals surface area (Å²) < 4.78 is 5.58. The predicted octanol–water partition coefficient (Wildman–Crippen LogP) is 4.24. The van der Waals surface area contributed by atoms with Crippen molar-refractivity contribution in [3.63, 3.8) is 0 Å². The molecule has 1 aliphatic rings. The number of carbonyl (C=O) groups is 3. The molecule has 2 amide bonds. The Balaban J connectivity index is 1.47. The quantitative estimate of drug-likeness (QED) is 0.427. The van der Waals surface area contributed by atoms with E-state index in [1.807, 2.05) is 66.7 Å². The number of rotatable bonds is 8. The molecule has 0 fully saturated rings. The van der Waals surface area contributed by atoms with Gasteiger partial charge in [0.1, 0.15) is 18.3 Å². The highest BCUT2D eigenvalue weighted by Crippen LogP contribution is 2.44. The normalized spacial score (nSPS) is 13.3. The van der Waals surface area contributed by atoms with E-state index in [0.717, 1.165) is 27.8 Å². The molecule has 0 radical (unpaired) electrons. The van der Waals surface area contributed by atoms with Crippen molar-refractivity contribution in [2.75, 3.05) is 6.61 Å².